The van der Waals surface area contributed by atoms with Gasteiger partial charge in [-0.1, -0.05) is 49.6 Å². The van der Waals surface area contributed by atoms with Gasteiger partial charge in [-0.3, -0.25) is 9.52 Å². The number of carbonyl (C=O) groups excluding carboxylic acids is 1. The molecule has 5 nitrogen and oxygen atoms in total. The molecule has 2 aromatic carbocycles. The highest BCUT2D eigenvalue weighted by molar-refractivity contribution is 7.92. The van der Waals surface area contributed by atoms with Gasteiger partial charge in [0.25, 0.3) is 10.0 Å². The molecule has 4 rings (SSSR count). The van der Waals surface area contributed by atoms with Gasteiger partial charge in [0.15, 0.2) is 0 Å². The van der Waals surface area contributed by atoms with Crippen molar-refractivity contribution in [2.24, 2.45) is 5.92 Å². The number of sulfonamides is 1. The number of hydrogen-bond donors (Lipinski definition) is 2. The third-order valence-corrected chi connectivity index (χ3v) is 8.08. The molecule has 0 saturated heterocycles. The van der Waals surface area contributed by atoms with E-state index in [-0.39, 0.29) is 10.8 Å². The third kappa shape index (κ3) is 4.38. The zero-order valence-corrected chi connectivity index (χ0v) is 18.3. The summed E-state index contributed by atoms with van der Waals surface area (Å²) in [4.78, 5) is 13.2. The first-order valence-corrected chi connectivity index (χ1v) is 12.4. The van der Waals surface area contributed by atoms with Gasteiger partial charge in [0.05, 0.1) is 10.3 Å². The first-order valence-electron chi connectivity index (χ1n) is 10.9. The molecule has 0 radical (unpaired) electrons. The van der Waals surface area contributed by atoms with Crippen LogP contribution in [-0.2, 0) is 20.2 Å². The Morgan fingerprint density at radius 2 is 1.67 bits per heavy atom. The van der Waals surface area contributed by atoms with Gasteiger partial charge in [-0.15, -0.1) is 0 Å². The van der Waals surface area contributed by atoms with Crippen LogP contribution in [0.15, 0.2) is 53.4 Å². The zero-order valence-electron chi connectivity index (χ0n) is 17.5. The molecule has 0 aromatic heterocycles. The van der Waals surface area contributed by atoms with E-state index in [9.17, 15) is 13.2 Å². The lowest BCUT2D eigenvalue weighted by Gasteiger charge is -2.23. The van der Waals surface area contributed by atoms with Crippen molar-refractivity contribution < 1.29 is 13.2 Å². The Balaban J connectivity index is 1.41. The number of carbonyl (C=O) groups is 1. The molecule has 0 bridgehead atoms. The van der Waals surface area contributed by atoms with E-state index in [4.69, 9.17) is 0 Å². The van der Waals surface area contributed by atoms with E-state index in [1.165, 1.54) is 32.1 Å². The second-order valence-corrected chi connectivity index (χ2v) is 10.4. The fourth-order valence-corrected chi connectivity index (χ4v) is 5.80. The van der Waals surface area contributed by atoms with Crippen molar-refractivity contribution in [3.05, 3.63) is 59.7 Å². The van der Waals surface area contributed by atoms with Gasteiger partial charge in [0.1, 0.15) is 0 Å². The highest BCUT2D eigenvalue weighted by Gasteiger charge is 2.51. The van der Waals surface area contributed by atoms with Gasteiger partial charge < -0.3 is 5.32 Å². The van der Waals surface area contributed by atoms with Crippen LogP contribution in [0.3, 0.4) is 0 Å². The third-order valence-electron chi connectivity index (χ3n) is 6.53. The van der Waals surface area contributed by atoms with E-state index in [0.717, 1.165) is 24.9 Å². The lowest BCUT2D eigenvalue weighted by molar-refractivity contribution is -0.123. The van der Waals surface area contributed by atoms with Crippen molar-refractivity contribution in [2.75, 3.05) is 11.3 Å². The molecule has 0 aliphatic heterocycles. The van der Waals surface area contributed by atoms with E-state index in [1.54, 1.807) is 37.3 Å². The summed E-state index contributed by atoms with van der Waals surface area (Å²) in [5.74, 6) is 0.720. The van der Waals surface area contributed by atoms with Gasteiger partial charge in [-0.05, 0) is 67.9 Å². The van der Waals surface area contributed by atoms with E-state index in [0.29, 0.717) is 17.2 Å². The largest absolute Gasteiger partial charge is 0.355 e. The Labute approximate surface area is 179 Å². The van der Waals surface area contributed by atoms with Crippen molar-refractivity contribution in [3.8, 4) is 0 Å². The predicted molar refractivity (Wildman–Crippen MR) is 119 cm³/mol. The van der Waals surface area contributed by atoms with Crippen LogP contribution in [0.5, 0.6) is 0 Å². The van der Waals surface area contributed by atoms with Crippen LogP contribution in [0, 0.1) is 12.8 Å². The Kier molecular flexibility index (Phi) is 5.87. The Bertz CT molecular complexity index is 1010. The Morgan fingerprint density at radius 3 is 2.30 bits per heavy atom. The fourth-order valence-electron chi connectivity index (χ4n) is 4.49. The van der Waals surface area contributed by atoms with Gasteiger partial charge >= 0.3 is 0 Å². The second kappa shape index (κ2) is 8.42. The van der Waals surface area contributed by atoms with Crippen LogP contribution in [0.2, 0.25) is 0 Å². The molecule has 0 unspecified atom stereocenters. The molecule has 2 N–H and O–H groups in total. The minimum absolute atomic E-state index is 0.112. The van der Waals surface area contributed by atoms with Gasteiger partial charge in [-0.2, -0.15) is 0 Å². The van der Waals surface area contributed by atoms with Gasteiger partial charge in [-0.25, -0.2) is 8.42 Å². The summed E-state index contributed by atoms with van der Waals surface area (Å²) in [6.45, 7) is 2.55. The molecule has 0 heterocycles. The topological polar surface area (TPSA) is 75.3 Å². The zero-order chi connectivity index (χ0) is 21.2. The smallest absolute Gasteiger partial charge is 0.262 e. The van der Waals surface area contributed by atoms with E-state index in [2.05, 4.69) is 10.0 Å². The van der Waals surface area contributed by atoms with Crippen LogP contribution in [0.1, 0.15) is 56.1 Å². The number of nitrogens with one attached hydrogen (secondary N) is 2. The first-order chi connectivity index (χ1) is 14.4. The minimum Gasteiger partial charge on any atom is -0.355 e. The van der Waals surface area contributed by atoms with Crippen LogP contribution in [-0.4, -0.2) is 20.9 Å². The summed E-state index contributed by atoms with van der Waals surface area (Å²) in [5, 5.41) is 3.18. The lowest BCUT2D eigenvalue weighted by atomic mass is 9.88. The standard InChI is InChI=1S/C24H30N2O3S/c1-18-7-5-6-10-22(18)30(28,29)26-21-13-11-20(12-14-21)24(15-16-24)23(27)25-17-19-8-3-2-4-9-19/h5-7,10-14,19,26H,2-4,8-9,15-17H2,1H3,(H,25,27). The number of hydrogen-bond acceptors (Lipinski definition) is 3. The number of benzene rings is 2. The van der Waals surface area contributed by atoms with Crippen molar-refractivity contribution in [2.45, 2.75) is 62.2 Å². The van der Waals surface area contributed by atoms with Crippen LogP contribution in [0.25, 0.3) is 0 Å². The summed E-state index contributed by atoms with van der Waals surface area (Å²) < 4.78 is 28.0. The van der Waals surface area contributed by atoms with E-state index < -0.39 is 15.4 Å². The van der Waals surface area contributed by atoms with E-state index >= 15 is 0 Å². The molecule has 2 aliphatic rings. The van der Waals surface area contributed by atoms with Gasteiger partial charge in [0.2, 0.25) is 5.91 Å². The maximum Gasteiger partial charge on any atom is 0.262 e. The molecule has 0 spiro atoms. The summed E-state index contributed by atoms with van der Waals surface area (Å²) in [5.41, 5.74) is 1.72. The van der Waals surface area contributed by atoms with E-state index in [1.807, 2.05) is 18.2 Å². The molecule has 2 saturated carbocycles. The molecule has 2 fully saturated rings. The Hall–Kier alpha value is -2.34. The summed E-state index contributed by atoms with van der Waals surface area (Å²) in [6.07, 6.45) is 7.97. The average molecular weight is 427 g/mol. The van der Waals surface area contributed by atoms with Crippen LogP contribution >= 0.6 is 0 Å². The molecular formula is C24H30N2O3S. The Morgan fingerprint density at radius 1 is 1.00 bits per heavy atom. The molecule has 2 aliphatic carbocycles. The van der Waals surface area contributed by atoms with Gasteiger partial charge in [0, 0.05) is 12.2 Å². The highest BCUT2D eigenvalue weighted by Crippen LogP contribution is 2.48. The quantitative estimate of drug-likeness (QED) is 0.683. The first kappa shape index (κ1) is 20.9. The van der Waals surface area contributed by atoms with Crippen LogP contribution in [0.4, 0.5) is 5.69 Å². The number of amides is 1. The fraction of sp³-hybridized carbons (Fsp3) is 0.458. The molecule has 6 heteroatoms. The number of rotatable bonds is 7. The maximum absolute atomic E-state index is 12.9. The average Bonchev–Trinajstić information content (AvgIpc) is 3.55. The van der Waals surface area contributed by atoms with Crippen molar-refractivity contribution in [1.29, 1.82) is 0 Å². The number of anilines is 1. The predicted octanol–water partition coefficient (Wildman–Crippen LogP) is 4.52. The normalized spacial score (nSPS) is 18.6. The monoisotopic (exact) mass is 426 g/mol. The molecule has 30 heavy (non-hydrogen) atoms. The van der Waals surface area contributed by atoms with Crippen LogP contribution < -0.4 is 10.0 Å². The van der Waals surface area contributed by atoms with Crippen molar-refractivity contribution in [1.82, 2.24) is 5.32 Å². The molecule has 1 amide bonds. The minimum atomic E-state index is -3.64. The molecule has 2 aromatic rings. The molecule has 0 atom stereocenters. The lowest BCUT2D eigenvalue weighted by Crippen LogP contribution is -2.38. The van der Waals surface area contributed by atoms with Crippen molar-refractivity contribution >= 4 is 21.6 Å². The summed E-state index contributed by atoms with van der Waals surface area (Å²) in [7, 11) is -3.64. The number of aryl methyl sites for hydroxylation is 1. The summed E-state index contributed by atoms with van der Waals surface area (Å²) >= 11 is 0. The summed E-state index contributed by atoms with van der Waals surface area (Å²) in [6, 6.07) is 14.2. The second-order valence-electron chi connectivity index (χ2n) is 8.74. The molecule has 160 valence electrons. The molecular weight excluding hydrogens is 396 g/mol. The highest BCUT2D eigenvalue weighted by atomic mass is 32.2. The SMILES string of the molecule is Cc1ccccc1S(=O)(=O)Nc1ccc(C2(C(=O)NCC3CCCCC3)CC2)cc1. The van der Waals surface area contributed by atoms with Crippen molar-refractivity contribution in [3.63, 3.8) is 0 Å². The maximum atomic E-state index is 12.9.